The number of methoxy groups -OCH3 is 1. The highest BCUT2D eigenvalue weighted by molar-refractivity contribution is 5.99. The minimum absolute atomic E-state index is 0.00758. The number of amides is 1. The first-order chi connectivity index (χ1) is 17.0. The van der Waals surface area contributed by atoms with E-state index >= 15 is 0 Å². The molecule has 1 aliphatic rings. The fourth-order valence-electron chi connectivity index (χ4n) is 4.60. The maximum absolute atomic E-state index is 13.6. The zero-order valence-electron chi connectivity index (χ0n) is 19.4. The van der Waals surface area contributed by atoms with Crippen LogP contribution in [0.2, 0.25) is 0 Å². The lowest BCUT2D eigenvalue weighted by atomic mass is 9.97. The number of benzene rings is 3. The molecule has 0 saturated heterocycles. The third kappa shape index (κ3) is 3.94. The van der Waals surface area contributed by atoms with Crippen LogP contribution in [0.5, 0.6) is 11.5 Å². The summed E-state index contributed by atoms with van der Waals surface area (Å²) in [5.41, 5.74) is 1.65. The van der Waals surface area contributed by atoms with E-state index in [0.717, 1.165) is 0 Å². The number of carbonyl (C=O) groups excluding carboxylic acids is 1. The van der Waals surface area contributed by atoms with E-state index in [0.29, 0.717) is 40.2 Å². The van der Waals surface area contributed by atoms with E-state index < -0.39 is 18.1 Å². The molecule has 1 aromatic heterocycles. The van der Waals surface area contributed by atoms with Gasteiger partial charge in [-0.3, -0.25) is 9.59 Å². The van der Waals surface area contributed by atoms with E-state index in [-0.39, 0.29) is 23.3 Å². The van der Waals surface area contributed by atoms with Crippen LogP contribution in [0, 0.1) is 0 Å². The Balaban J connectivity index is 1.67. The van der Waals surface area contributed by atoms with Crippen molar-refractivity contribution in [3.05, 3.63) is 105 Å². The molecule has 1 N–H and O–H groups in total. The number of rotatable bonds is 7. The van der Waals surface area contributed by atoms with E-state index in [1.165, 1.54) is 12.0 Å². The van der Waals surface area contributed by atoms with E-state index in [9.17, 15) is 14.7 Å². The SMILES string of the molecule is CCOc1ccc(C2c3c(oc4ccccc4c3=O)C(=O)N2CC(O)c2ccccc2)cc1OC. The summed E-state index contributed by atoms with van der Waals surface area (Å²) in [7, 11) is 1.54. The van der Waals surface area contributed by atoms with Crippen LogP contribution in [0.25, 0.3) is 11.0 Å². The van der Waals surface area contributed by atoms with Crippen LogP contribution in [0.15, 0.2) is 82.0 Å². The molecule has 0 bridgehead atoms. The lowest BCUT2D eigenvalue weighted by molar-refractivity contribution is 0.0583. The second-order valence-electron chi connectivity index (χ2n) is 8.30. The molecule has 35 heavy (non-hydrogen) atoms. The van der Waals surface area contributed by atoms with Crippen molar-refractivity contribution in [2.45, 2.75) is 19.1 Å². The third-order valence-electron chi connectivity index (χ3n) is 6.23. The van der Waals surface area contributed by atoms with Crippen LogP contribution in [0.4, 0.5) is 0 Å². The Bertz CT molecular complexity index is 1450. The zero-order valence-corrected chi connectivity index (χ0v) is 19.4. The first-order valence-electron chi connectivity index (χ1n) is 11.4. The van der Waals surface area contributed by atoms with Crippen LogP contribution < -0.4 is 14.9 Å². The number of aliphatic hydroxyl groups excluding tert-OH is 1. The third-order valence-corrected chi connectivity index (χ3v) is 6.23. The molecule has 178 valence electrons. The Kier molecular flexibility index (Phi) is 6.01. The van der Waals surface area contributed by atoms with Crippen molar-refractivity contribution in [2.75, 3.05) is 20.3 Å². The minimum Gasteiger partial charge on any atom is -0.493 e. The summed E-state index contributed by atoms with van der Waals surface area (Å²) in [6.07, 6.45) is -0.953. The molecule has 1 aliphatic heterocycles. The van der Waals surface area contributed by atoms with E-state index in [1.807, 2.05) is 25.1 Å². The number of ether oxygens (including phenoxy) is 2. The summed E-state index contributed by atoms with van der Waals surface area (Å²) in [4.78, 5) is 28.7. The second-order valence-corrected chi connectivity index (χ2v) is 8.30. The van der Waals surface area contributed by atoms with E-state index in [2.05, 4.69) is 0 Å². The number of hydrogen-bond acceptors (Lipinski definition) is 6. The number of aliphatic hydroxyl groups is 1. The second kappa shape index (κ2) is 9.27. The topological polar surface area (TPSA) is 89.2 Å². The van der Waals surface area contributed by atoms with Gasteiger partial charge in [-0.05, 0) is 42.3 Å². The molecule has 2 atom stereocenters. The number of carbonyl (C=O) groups is 1. The van der Waals surface area contributed by atoms with Crippen molar-refractivity contribution < 1.29 is 23.8 Å². The first kappa shape index (κ1) is 22.7. The lowest BCUT2D eigenvalue weighted by Gasteiger charge is -2.28. The fourth-order valence-corrected chi connectivity index (χ4v) is 4.60. The van der Waals surface area contributed by atoms with Crippen molar-refractivity contribution in [1.82, 2.24) is 4.90 Å². The Morgan fingerprint density at radius 2 is 1.74 bits per heavy atom. The number of β-amino-alcohol motifs (C(OH)–C–C–N with tert-alkyl or cyclic N) is 1. The molecule has 0 spiro atoms. The van der Waals surface area contributed by atoms with Gasteiger partial charge in [-0.15, -0.1) is 0 Å². The van der Waals surface area contributed by atoms with E-state index in [1.54, 1.807) is 54.6 Å². The smallest absolute Gasteiger partial charge is 0.291 e. The number of hydrogen-bond donors (Lipinski definition) is 1. The fraction of sp³-hybridized carbons (Fsp3) is 0.214. The summed E-state index contributed by atoms with van der Waals surface area (Å²) in [5.74, 6) is 0.589. The molecule has 0 fully saturated rings. The van der Waals surface area contributed by atoms with Gasteiger partial charge in [0.2, 0.25) is 5.76 Å². The van der Waals surface area contributed by atoms with Crippen LogP contribution in [-0.2, 0) is 0 Å². The molecule has 2 heterocycles. The Hall–Kier alpha value is -4.10. The van der Waals surface area contributed by atoms with Gasteiger partial charge in [0, 0.05) is 0 Å². The van der Waals surface area contributed by atoms with Gasteiger partial charge in [0.25, 0.3) is 5.91 Å². The van der Waals surface area contributed by atoms with Crippen molar-refractivity contribution in [2.24, 2.45) is 0 Å². The number of para-hydroxylation sites is 1. The summed E-state index contributed by atoms with van der Waals surface area (Å²) >= 11 is 0. The average molecular weight is 472 g/mol. The summed E-state index contributed by atoms with van der Waals surface area (Å²) in [6.45, 7) is 2.32. The normalized spacial score (nSPS) is 15.8. The molecule has 2 unspecified atom stereocenters. The molecule has 1 amide bonds. The maximum atomic E-state index is 13.6. The van der Waals surface area contributed by atoms with Crippen molar-refractivity contribution >= 4 is 16.9 Å². The molecule has 0 saturated carbocycles. The summed E-state index contributed by atoms with van der Waals surface area (Å²) < 4.78 is 17.1. The quantitative estimate of drug-likeness (QED) is 0.428. The highest BCUT2D eigenvalue weighted by Crippen LogP contribution is 2.41. The minimum atomic E-state index is -0.953. The standard InChI is InChI=1S/C28H25NO6/c1-3-34-22-14-13-18(15-23(22)33-2)25-24-26(31)19-11-7-8-12-21(19)35-27(24)28(32)29(25)16-20(30)17-9-5-4-6-10-17/h4-15,20,25,30H,3,16H2,1-2H3. The van der Waals surface area contributed by atoms with Gasteiger partial charge in [-0.1, -0.05) is 48.5 Å². The molecular weight excluding hydrogens is 446 g/mol. The van der Waals surface area contributed by atoms with Gasteiger partial charge in [-0.2, -0.15) is 0 Å². The van der Waals surface area contributed by atoms with E-state index in [4.69, 9.17) is 13.9 Å². The van der Waals surface area contributed by atoms with Gasteiger partial charge < -0.3 is 23.9 Å². The number of fused-ring (bicyclic) bond motifs is 2. The predicted molar refractivity (Wildman–Crippen MR) is 131 cm³/mol. The number of nitrogens with zero attached hydrogens (tertiary/aromatic N) is 1. The van der Waals surface area contributed by atoms with Gasteiger partial charge in [0.15, 0.2) is 16.9 Å². The molecule has 3 aromatic carbocycles. The summed E-state index contributed by atoms with van der Waals surface area (Å²) in [6, 6.07) is 20.5. The van der Waals surface area contributed by atoms with Crippen LogP contribution in [0.1, 0.15) is 46.3 Å². The highest BCUT2D eigenvalue weighted by Gasteiger charge is 2.43. The summed E-state index contributed by atoms with van der Waals surface area (Å²) in [5, 5.41) is 11.4. The molecule has 7 nitrogen and oxygen atoms in total. The average Bonchev–Trinajstić information content (AvgIpc) is 3.16. The predicted octanol–water partition coefficient (Wildman–Crippen LogP) is 4.48. The highest BCUT2D eigenvalue weighted by atomic mass is 16.5. The van der Waals surface area contributed by atoms with Gasteiger partial charge in [0.05, 0.1) is 43.4 Å². The molecule has 5 rings (SSSR count). The largest absolute Gasteiger partial charge is 0.493 e. The lowest BCUT2D eigenvalue weighted by Crippen LogP contribution is -2.33. The molecular formula is C28H25NO6. The monoisotopic (exact) mass is 471 g/mol. The van der Waals surface area contributed by atoms with Gasteiger partial charge in [-0.25, -0.2) is 0 Å². The van der Waals surface area contributed by atoms with Crippen molar-refractivity contribution in [3.8, 4) is 11.5 Å². The molecule has 0 radical (unpaired) electrons. The van der Waals surface area contributed by atoms with Crippen molar-refractivity contribution in [1.29, 1.82) is 0 Å². The zero-order chi connectivity index (χ0) is 24.5. The first-order valence-corrected chi connectivity index (χ1v) is 11.4. The Morgan fingerprint density at radius 1 is 1.00 bits per heavy atom. The molecule has 0 aliphatic carbocycles. The van der Waals surface area contributed by atoms with Gasteiger partial charge in [0.1, 0.15) is 5.58 Å². The molecule has 4 aromatic rings. The Morgan fingerprint density at radius 3 is 2.49 bits per heavy atom. The molecule has 7 heteroatoms. The van der Waals surface area contributed by atoms with Crippen LogP contribution >= 0.6 is 0 Å². The van der Waals surface area contributed by atoms with Crippen molar-refractivity contribution in [3.63, 3.8) is 0 Å². The maximum Gasteiger partial charge on any atom is 0.291 e. The van der Waals surface area contributed by atoms with Crippen LogP contribution in [0.3, 0.4) is 0 Å². The Labute approximate surface area is 202 Å². The van der Waals surface area contributed by atoms with Gasteiger partial charge >= 0.3 is 0 Å². The van der Waals surface area contributed by atoms with Crippen LogP contribution in [-0.4, -0.2) is 36.2 Å².